The van der Waals surface area contributed by atoms with Crippen molar-refractivity contribution in [3.8, 4) is 0 Å². The highest BCUT2D eigenvalue weighted by molar-refractivity contribution is 9.10. The van der Waals surface area contributed by atoms with Crippen LogP contribution < -0.4 is 10.6 Å². The average molecular weight is 540 g/mol. The summed E-state index contributed by atoms with van der Waals surface area (Å²) in [6.07, 6.45) is 0. The maximum absolute atomic E-state index is 12.3. The molecule has 2 amide bonds. The van der Waals surface area contributed by atoms with Crippen molar-refractivity contribution in [1.29, 1.82) is 0 Å². The monoisotopic (exact) mass is 538 g/mol. The van der Waals surface area contributed by atoms with Gasteiger partial charge in [-0.3, -0.25) is 19.7 Å². The molecule has 0 atom stereocenters. The maximum atomic E-state index is 12.3. The second kappa shape index (κ2) is 10.6. The number of anilines is 1. The third kappa shape index (κ3) is 5.84. The van der Waals surface area contributed by atoms with E-state index in [2.05, 4.69) is 36.8 Å². The number of non-ortho nitro benzene ring substituents is 1. The molecule has 10 nitrogen and oxygen atoms in total. The van der Waals surface area contributed by atoms with Crippen molar-refractivity contribution in [2.75, 3.05) is 11.1 Å². The molecule has 1 heterocycles. The number of nitrogens with one attached hydrogen (secondary N) is 2. The van der Waals surface area contributed by atoms with Gasteiger partial charge >= 0.3 is 0 Å². The molecule has 0 bridgehead atoms. The Morgan fingerprint density at radius 1 is 1.25 bits per heavy atom. The minimum Gasteiger partial charge on any atom is -0.345 e. The summed E-state index contributed by atoms with van der Waals surface area (Å²) >= 11 is 10.5. The van der Waals surface area contributed by atoms with Gasteiger partial charge in [0.25, 0.3) is 11.6 Å². The van der Waals surface area contributed by atoms with Gasteiger partial charge in [0, 0.05) is 23.7 Å². The Morgan fingerprint density at radius 3 is 2.72 bits per heavy atom. The van der Waals surface area contributed by atoms with Crippen LogP contribution in [0.1, 0.15) is 16.2 Å². The Balaban J connectivity index is 1.56. The quantitative estimate of drug-likeness (QED) is 0.253. The Kier molecular flexibility index (Phi) is 7.83. The summed E-state index contributed by atoms with van der Waals surface area (Å²) < 4.78 is 2.35. The number of rotatable bonds is 8. The number of hydrogen-bond donors (Lipinski definition) is 2. The van der Waals surface area contributed by atoms with E-state index in [4.69, 9.17) is 11.6 Å². The molecule has 0 spiro atoms. The molecule has 13 heteroatoms. The zero-order chi connectivity index (χ0) is 23.3. The largest absolute Gasteiger partial charge is 0.345 e. The lowest BCUT2D eigenvalue weighted by molar-refractivity contribution is -0.384. The van der Waals surface area contributed by atoms with Crippen LogP contribution in [-0.2, 0) is 18.4 Å². The van der Waals surface area contributed by atoms with E-state index in [1.165, 1.54) is 18.2 Å². The molecule has 0 aliphatic heterocycles. The number of nitrogens with zero attached hydrogens (tertiary/aromatic N) is 4. The van der Waals surface area contributed by atoms with E-state index in [1.54, 1.807) is 29.8 Å². The Morgan fingerprint density at radius 2 is 2.00 bits per heavy atom. The molecule has 0 unspecified atom stereocenters. The van der Waals surface area contributed by atoms with Gasteiger partial charge in [0.2, 0.25) is 5.91 Å². The van der Waals surface area contributed by atoms with E-state index in [9.17, 15) is 19.7 Å². The second-order valence-corrected chi connectivity index (χ2v) is 8.58. The van der Waals surface area contributed by atoms with Gasteiger partial charge in [-0.2, -0.15) is 0 Å². The Hall–Kier alpha value is -2.96. The van der Waals surface area contributed by atoms with Crippen LogP contribution in [-0.4, -0.2) is 37.3 Å². The van der Waals surface area contributed by atoms with Crippen LogP contribution in [0.25, 0.3) is 0 Å². The second-order valence-electron chi connectivity index (χ2n) is 6.38. The van der Waals surface area contributed by atoms with E-state index in [1.807, 2.05) is 6.07 Å². The number of halogens is 2. The topological polar surface area (TPSA) is 132 Å². The van der Waals surface area contributed by atoms with E-state index in [0.717, 1.165) is 11.8 Å². The Labute approximate surface area is 200 Å². The first kappa shape index (κ1) is 23.7. The molecule has 2 aromatic carbocycles. The zero-order valence-electron chi connectivity index (χ0n) is 16.5. The molecule has 0 radical (unpaired) electrons. The molecular formula is C19H16BrClN6O4S. The molecule has 2 N–H and O–H groups in total. The minimum atomic E-state index is -0.572. The van der Waals surface area contributed by atoms with Crippen LogP contribution in [0.3, 0.4) is 0 Å². The molecule has 0 aliphatic carbocycles. The number of carbonyl (C=O) groups excluding carboxylic acids is 2. The van der Waals surface area contributed by atoms with Crippen LogP contribution in [0.2, 0.25) is 5.02 Å². The van der Waals surface area contributed by atoms with Gasteiger partial charge in [-0.1, -0.05) is 35.5 Å². The maximum Gasteiger partial charge on any atom is 0.271 e. The summed E-state index contributed by atoms with van der Waals surface area (Å²) in [5.41, 5.74) is 0.473. The Bertz CT molecular complexity index is 1190. The molecule has 3 aromatic rings. The lowest BCUT2D eigenvalue weighted by Gasteiger charge is -2.08. The van der Waals surface area contributed by atoms with Crippen LogP contribution in [0, 0.1) is 10.1 Å². The molecule has 32 heavy (non-hydrogen) atoms. The van der Waals surface area contributed by atoms with Crippen molar-refractivity contribution in [3.63, 3.8) is 0 Å². The molecule has 1 aromatic heterocycles. The van der Waals surface area contributed by atoms with Crippen LogP contribution >= 0.6 is 39.3 Å². The van der Waals surface area contributed by atoms with Gasteiger partial charge in [0.05, 0.1) is 33.5 Å². The summed E-state index contributed by atoms with van der Waals surface area (Å²) in [6, 6.07) is 10.8. The molecular weight excluding hydrogens is 524 g/mol. The van der Waals surface area contributed by atoms with Crippen LogP contribution in [0.15, 0.2) is 52.1 Å². The summed E-state index contributed by atoms with van der Waals surface area (Å²) in [7, 11) is 1.72. The van der Waals surface area contributed by atoms with Gasteiger partial charge in [0.1, 0.15) is 0 Å². The fraction of sp³-hybridized carbons (Fsp3) is 0.158. The zero-order valence-corrected chi connectivity index (χ0v) is 19.7. The standard InChI is InChI=1S/C19H16BrClN6O4S/c1-26-16(9-22-18(29)12-4-2-3-5-13(12)20)24-25-19(26)32-10-17(28)23-15-8-11(27(30)31)6-7-14(15)21/h2-8H,9-10H2,1H3,(H,22,29)(H,23,28). The first-order valence-corrected chi connectivity index (χ1v) is 11.2. The van der Waals surface area contributed by atoms with Gasteiger partial charge in [-0.25, -0.2) is 0 Å². The van der Waals surface area contributed by atoms with Crippen molar-refractivity contribution < 1.29 is 14.5 Å². The minimum absolute atomic E-state index is 0.0195. The fourth-order valence-corrected chi connectivity index (χ4v) is 3.92. The SMILES string of the molecule is Cn1c(CNC(=O)c2ccccc2Br)nnc1SCC(=O)Nc1cc([N+](=O)[O-])ccc1Cl. The van der Waals surface area contributed by atoms with Crippen molar-refractivity contribution >= 4 is 62.5 Å². The predicted molar refractivity (Wildman–Crippen MR) is 124 cm³/mol. The molecule has 0 aliphatic rings. The normalized spacial score (nSPS) is 10.6. The van der Waals surface area contributed by atoms with Crippen molar-refractivity contribution in [1.82, 2.24) is 20.1 Å². The number of aromatic nitrogens is 3. The highest BCUT2D eigenvalue weighted by Gasteiger charge is 2.16. The van der Waals surface area contributed by atoms with E-state index >= 15 is 0 Å². The van der Waals surface area contributed by atoms with Gasteiger partial charge in [0.15, 0.2) is 11.0 Å². The molecule has 166 valence electrons. The van der Waals surface area contributed by atoms with Crippen molar-refractivity contribution in [2.24, 2.45) is 7.05 Å². The first-order valence-electron chi connectivity index (χ1n) is 9.04. The average Bonchev–Trinajstić information content (AvgIpc) is 3.11. The predicted octanol–water partition coefficient (Wildman–Crippen LogP) is 3.80. The number of nitro benzene ring substituents is 1. The van der Waals surface area contributed by atoms with Crippen molar-refractivity contribution in [2.45, 2.75) is 11.7 Å². The summed E-state index contributed by atoms with van der Waals surface area (Å²) in [5, 5.41) is 25.0. The fourth-order valence-electron chi connectivity index (χ4n) is 2.56. The lowest BCUT2D eigenvalue weighted by atomic mass is 10.2. The molecule has 0 fully saturated rings. The highest BCUT2D eigenvalue weighted by Crippen LogP contribution is 2.27. The number of hydrogen-bond acceptors (Lipinski definition) is 7. The third-order valence-electron chi connectivity index (χ3n) is 4.22. The number of thioether (sulfide) groups is 1. The lowest BCUT2D eigenvalue weighted by Crippen LogP contribution is -2.24. The highest BCUT2D eigenvalue weighted by atomic mass is 79.9. The number of amides is 2. The summed E-state index contributed by atoms with van der Waals surface area (Å²) in [6.45, 7) is 0.152. The van der Waals surface area contributed by atoms with Gasteiger partial charge in [-0.15, -0.1) is 10.2 Å². The van der Waals surface area contributed by atoms with E-state index in [-0.39, 0.29) is 34.6 Å². The van der Waals surface area contributed by atoms with E-state index < -0.39 is 10.8 Å². The van der Waals surface area contributed by atoms with Gasteiger partial charge in [-0.05, 0) is 34.1 Å². The number of nitro groups is 1. The van der Waals surface area contributed by atoms with Gasteiger partial charge < -0.3 is 15.2 Å². The summed E-state index contributed by atoms with van der Waals surface area (Å²) in [4.78, 5) is 34.9. The third-order valence-corrected chi connectivity index (χ3v) is 6.26. The number of carbonyl (C=O) groups is 2. The number of benzene rings is 2. The van der Waals surface area contributed by atoms with Crippen LogP contribution in [0.4, 0.5) is 11.4 Å². The molecule has 3 rings (SSSR count). The van der Waals surface area contributed by atoms with E-state index in [0.29, 0.717) is 21.0 Å². The smallest absolute Gasteiger partial charge is 0.271 e. The van der Waals surface area contributed by atoms with Crippen molar-refractivity contribution in [3.05, 3.63) is 73.5 Å². The molecule has 0 saturated carbocycles. The summed E-state index contributed by atoms with van der Waals surface area (Å²) in [5.74, 6) is -0.184. The van der Waals surface area contributed by atoms with Crippen LogP contribution in [0.5, 0.6) is 0 Å². The molecule has 0 saturated heterocycles. The first-order chi connectivity index (χ1) is 15.3.